The molecule has 0 aliphatic carbocycles. The van der Waals surface area contributed by atoms with Gasteiger partial charge in [-0.1, -0.05) is 12.1 Å². The van der Waals surface area contributed by atoms with E-state index >= 15 is 0 Å². The molecule has 2 heterocycles. The summed E-state index contributed by atoms with van der Waals surface area (Å²) in [6.45, 7) is 3.05. The van der Waals surface area contributed by atoms with Crippen LogP contribution in [0.2, 0.25) is 0 Å². The van der Waals surface area contributed by atoms with Gasteiger partial charge in [-0.05, 0) is 44.0 Å². The van der Waals surface area contributed by atoms with Crippen LogP contribution in [-0.2, 0) is 6.42 Å². The Balaban J connectivity index is 1.59. The lowest BCUT2D eigenvalue weighted by molar-refractivity contribution is 0.0849. The van der Waals surface area contributed by atoms with Crippen molar-refractivity contribution in [1.82, 2.24) is 10.3 Å². The SMILES string of the molecule is CCNC(=O)c1ccnc(CC[C@H]2COc3ccccc3O2)c1. The molecule has 3 rings (SSSR count). The molecule has 5 nitrogen and oxygen atoms in total. The van der Waals surface area contributed by atoms with Crippen LogP contribution in [0.15, 0.2) is 42.6 Å². The fourth-order valence-electron chi connectivity index (χ4n) is 2.53. The minimum atomic E-state index is -0.0673. The van der Waals surface area contributed by atoms with Gasteiger partial charge in [0.15, 0.2) is 11.5 Å². The van der Waals surface area contributed by atoms with Crippen molar-refractivity contribution in [2.45, 2.75) is 25.9 Å². The second kappa shape index (κ2) is 7.13. The molecule has 1 atom stereocenters. The van der Waals surface area contributed by atoms with Crippen molar-refractivity contribution in [3.05, 3.63) is 53.9 Å². The molecule has 0 bridgehead atoms. The van der Waals surface area contributed by atoms with E-state index in [-0.39, 0.29) is 12.0 Å². The van der Waals surface area contributed by atoms with Crippen molar-refractivity contribution in [3.8, 4) is 11.5 Å². The highest BCUT2D eigenvalue weighted by molar-refractivity contribution is 5.94. The number of aryl methyl sites for hydroxylation is 1. The van der Waals surface area contributed by atoms with Crippen LogP contribution in [0.4, 0.5) is 0 Å². The summed E-state index contributed by atoms with van der Waals surface area (Å²) in [5.74, 6) is 1.51. The Morgan fingerprint density at radius 3 is 2.96 bits per heavy atom. The number of rotatable bonds is 5. The summed E-state index contributed by atoms with van der Waals surface area (Å²) in [6.07, 6.45) is 3.21. The molecule has 0 fully saturated rings. The van der Waals surface area contributed by atoms with Crippen LogP contribution >= 0.6 is 0 Å². The van der Waals surface area contributed by atoms with E-state index in [1.54, 1.807) is 12.3 Å². The number of carbonyl (C=O) groups is 1. The Morgan fingerprint density at radius 1 is 1.30 bits per heavy atom. The molecular weight excluding hydrogens is 292 g/mol. The van der Waals surface area contributed by atoms with Gasteiger partial charge in [-0.15, -0.1) is 0 Å². The molecule has 0 saturated heterocycles. The standard InChI is InChI=1S/C18H20N2O3/c1-2-19-18(21)13-9-10-20-14(11-13)7-8-15-12-22-16-5-3-4-6-17(16)23-15/h3-6,9-11,15H,2,7-8,12H2,1H3,(H,19,21)/t15-/m0/s1. The molecule has 5 heteroatoms. The molecule has 1 aliphatic rings. The highest BCUT2D eigenvalue weighted by atomic mass is 16.6. The zero-order chi connectivity index (χ0) is 16.1. The fourth-order valence-corrected chi connectivity index (χ4v) is 2.53. The summed E-state index contributed by atoms with van der Waals surface area (Å²) in [4.78, 5) is 16.2. The molecule has 1 aromatic heterocycles. The maximum Gasteiger partial charge on any atom is 0.251 e. The van der Waals surface area contributed by atoms with Gasteiger partial charge in [-0.2, -0.15) is 0 Å². The van der Waals surface area contributed by atoms with Gasteiger partial charge in [0.1, 0.15) is 12.7 Å². The number of benzene rings is 1. The predicted octanol–water partition coefficient (Wildman–Crippen LogP) is 2.60. The molecule has 0 radical (unpaired) electrons. The molecule has 1 N–H and O–H groups in total. The van der Waals surface area contributed by atoms with E-state index in [0.717, 1.165) is 30.0 Å². The Kier molecular flexibility index (Phi) is 4.76. The van der Waals surface area contributed by atoms with Crippen LogP contribution in [0.5, 0.6) is 11.5 Å². The monoisotopic (exact) mass is 312 g/mol. The van der Waals surface area contributed by atoms with E-state index in [2.05, 4.69) is 10.3 Å². The summed E-state index contributed by atoms with van der Waals surface area (Å²) in [6, 6.07) is 11.2. The zero-order valence-electron chi connectivity index (χ0n) is 13.1. The van der Waals surface area contributed by atoms with Crippen LogP contribution in [-0.4, -0.2) is 30.1 Å². The molecule has 2 aromatic rings. The van der Waals surface area contributed by atoms with Gasteiger partial charge in [-0.25, -0.2) is 0 Å². The van der Waals surface area contributed by atoms with Crippen molar-refractivity contribution >= 4 is 5.91 Å². The molecule has 23 heavy (non-hydrogen) atoms. The third kappa shape index (κ3) is 3.80. The first-order chi connectivity index (χ1) is 11.3. The summed E-state index contributed by atoms with van der Waals surface area (Å²) in [5.41, 5.74) is 1.53. The second-order valence-corrected chi connectivity index (χ2v) is 5.43. The highest BCUT2D eigenvalue weighted by Gasteiger charge is 2.20. The van der Waals surface area contributed by atoms with Crippen LogP contribution in [0.25, 0.3) is 0 Å². The summed E-state index contributed by atoms with van der Waals surface area (Å²) in [5, 5.41) is 2.79. The van der Waals surface area contributed by atoms with Crippen LogP contribution in [0.1, 0.15) is 29.4 Å². The third-order valence-electron chi connectivity index (χ3n) is 3.71. The van der Waals surface area contributed by atoms with Crippen molar-refractivity contribution in [1.29, 1.82) is 0 Å². The molecule has 1 aromatic carbocycles. The minimum Gasteiger partial charge on any atom is -0.486 e. The number of hydrogen-bond acceptors (Lipinski definition) is 4. The lowest BCUT2D eigenvalue weighted by Gasteiger charge is -2.26. The minimum absolute atomic E-state index is 0.000163. The number of aromatic nitrogens is 1. The number of fused-ring (bicyclic) bond motifs is 1. The summed E-state index contributed by atoms with van der Waals surface area (Å²) in [7, 11) is 0. The van der Waals surface area contributed by atoms with Crippen LogP contribution < -0.4 is 14.8 Å². The average Bonchev–Trinajstić information content (AvgIpc) is 2.60. The number of carbonyl (C=O) groups excluding carboxylic acids is 1. The van der Waals surface area contributed by atoms with E-state index in [4.69, 9.17) is 9.47 Å². The van der Waals surface area contributed by atoms with Gasteiger partial charge in [0.2, 0.25) is 0 Å². The number of para-hydroxylation sites is 2. The lowest BCUT2D eigenvalue weighted by atomic mass is 10.1. The van der Waals surface area contributed by atoms with Gasteiger partial charge in [0.25, 0.3) is 5.91 Å². The quantitative estimate of drug-likeness (QED) is 0.922. The summed E-state index contributed by atoms with van der Waals surface area (Å²) < 4.78 is 11.6. The molecule has 0 saturated carbocycles. The van der Waals surface area contributed by atoms with E-state index in [9.17, 15) is 4.79 Å². The van der Waals surface area contributed by atoms with Crippen molar-refractivity contribution < 1.29 is 14.3 Å². The molecule has 1 amide bonds. The van der Waals surface area contributed by atoms with Gasteiger partial charge in [0.05, 0.1) is 0 Å². The van der Waals surface area contributed by atoms with Gasteiger partial charge >= 0.3 is 0 Å². The number of pyridine rings is 1. The van der Waals surface area contributed by atoms with Crippen LogP contribution in [0, 0.1) is 0 Å². The Bertz CT molecular complexity index is 687. The first-order valence-electron chi connectivity index (χ1n) is 7.88. The summed E-state index contributed by atoms with van der Waals surface area (Å²) >= 11 is 0. The maximum absolute atomic E-state index is 11.9. The van der Waals surface area contributed by atoms with Crippen molar-refractivity contribution in [3.63, 3.8) is 0 Å². The van der Waals surface area contributed by atoms with Gasteiger partial charge < -0.3 is 14.8 Å². The molecule has 0 unspecified atom stereocenters. The largest absolute Gasteiger partial charge is 0.486 e. The normalized spacial score (nSPS) is 16.0. The number of ether oxygens (including phenoxy) is 2. The molecule has 1 aliphatic heterocycles. The molecule has 120 valence electrons. The van der Waals surface area contributed by atoms with E-state index in [0.29, 0.717) is 18.7 Å². The topological polar surface area (TPSA) is 60.5 Å². The van der Waals surface area contributed by atoms with Crippen molar-refractivity contribution in [2.24, 2.45) is 0 Å². The van der Waals surface area contributed by atoms with E-state index in [1.165, 1.54) is 0 Å². The van der Waals surface area contributed by atoms with E-state index < -0.39 is 0 Å². The second-order valence-electron chi connectivity index (χ2n) is 5.43. The van der Waals surface area contributed by atoms with E-state index in [1.807, 2.05) is 37.3 Å². The smallest absolute Gasteiger partial charge is 0.251 e. The number of hydrogen-bond donors (Lipinski definition) is 1. The first kappa shape index (κ1) is 15.3. The van der Waals surface area contributed by atoms with Crippen LogP contribution in [0.3, 0.4) is 0 Å². The number of nitrogens with one attached hydrogen (secondary N) is 1. The maximum atomic E-state index is 11.9. The first-order valence-corrected chi connectivity index (χ1v) is 7.88. The predicted molar refractivity (Wildman–Crippen MR) is 86.9 cm³/mol. The van der Waals surface area contributed by atoms with Gasteiger partial charge in [-0.3, -0.25) is 9.78 Å². The highest BCUT2D eigenvalue weighted by Crippen LogP contribution is 2.31. The lowest BCUT2D eigenvalue weighted by Crippen LogP contribution is -2.29. The Labute approximate surface area is 135 Å². The zero-order valence-corrected chi connectivity index (χ0v) is 13.1. The van der Waals surface area contributed by atoms with Gasteiger partial charge in [0, 0.05) is 24.0 Å². The average molecular weight is 312 g/mol. The molecule has 0 spiro atoms. The number of nitrogens with zero attached hydrogens (tertiary/aromatic N) is 1. The third-order valence-corrected chi connectivity index (χ3v) is 3.71. The van der Waals surface area contributed by atoms with Crippen molar-refractivity contribution in [2.75, 3.05) is 13.2 Å². The fraction of sp³-hybridized carbons (Fsp3) is 0.333. The Hall–Kier alpha value is -2.56. The Morgan fingerprint density at radius 2 is 2.13 bits per heavy atom. The number of amides is 1. The molecular formula is C18H20N2O3.